The molecule has 180 valence electrons. The van der Waals surface area contributed by atoms with Gasteiger partial charge in [0.2, 0.25) is 0 Å². The van der Waals surface area contributed by atoms with Gasteiger partial charge in [-0.15, -0.1) is 0 Å². The predicted molar refractivity (Wildman–Crippen MR) is 142 cm³/mol. The number of para-hydroxylation sites is 1. The summed E-state index contributed by atoms with van der Waals surface area (Å²) >= 11 is 0. The molecule has 3 aromatic carbocycles. The molecule has 0 saturated heterocycles. The van der Waals surface area contributed by atoms with Crippen LogP contribution in [0.25, 0.3) is 33.3 Å². The van der Waals surface area contributed by atoms with Crippen molar-refractivity contribution in [1.29, 1.82) is 0 Å². The monoisotopic (exact) mass is 480 g/mol. The molecule has 4 nitrogen and oxygen atoms in total. The zero-order chi connectivity index (χ0) is 25.4. The van der Waals surface area contributed by atoms with Crippen molar-refractivity contribution in [3.8, 4) is 22.3 Å². The summed E-state index contributed by atoms with van der Waals surface area (Å²) in [6.07, 6.45) is 3.42. The Kier molecular flexibility index (Phi) is 6.18. The van der Waals surface area contributed by atoms with Crippen molar-refractivity contribution in [1.82, 2.24) is 15.0 Å². The van der Waals surface area contributed by atoms with Gasteiger partial charge in [0.25, 0.3) is 0 Å². The highest BCUT2D eigenvalue weighted by molar-refractivity contribution is 6.14. The Morgan fingerprint density at radius 2 is 1.69 bits per heavy atom. The minimum absolute atomic E-state index is 0.325. The molecule has 0 radical (unpaired) electrons. The molecule has 6 heteroatoms. The van der Waals surface area contributed by atoms with Crippen LogP contribution in [0, 0.1) is 32.4 Å². The number of pyridine rings is 1. The molecule has 0 atom stereocenters. The van der Waals surface area contributed by atoms with Crippen molar-refractivity contribution >= 4 is 16.7 Å². The van der Waals surface area contributed by atoms with E-state index in [0.29, 0.717) is 51.4 Å². The van der Waals surface area contributed by atoms with E-state index in [4.69, 9.17) is 4.98 Å². The van der Waals surface area contributed by atoms with Crippen LogP contribution < -0.4 is 0 Å². The van der Waals surface area contributed by atoms with Gasteiger partial charge in [-0.3, -0.25) is 9.98 Å². The Hall–Kier alpha value is -4.19. The maximum Gasteiger partial charge on any atom is 0.157 e. The van der Waals surface area contributed by atoms with Crippen molar-refractivity contribution in [2.75, 3.05) is 6.54 Å². The fourth-order valence-electron chi connectivity index (χ4n) is 4.75. The lowest BCUT2D eigenvalue weighted by atomic mass is 9.92. The molecule has 0 saturated carbocycles. The lowest BCUT2D eigenvalue weighted by Crippen LogP contribution is -2.13. The standard InChI is InChI=1S/C30H26F2N4/c1-5-34-29(26-19(4)14-18(3)25(27(26)32)20-13-17(2)15-33-16-20)30-35-24-12-8-10-22(28(24)36-30)21-9-6-7-11-23(21)31/h6-16H,5H2,1-4H3,(H,35,36). The number of aliphatic imine (C=N–C) groups is 1. The largest absolute Gasteiger partial charge is 0.337 e. The molecule has 0 spiro atoms. The number of aromatic nitrogens is 3. The van der Waals surface area contributed by atoms with Crippen LogP contribution in [-0.2, 0) is 0 Å². The van der Waals surface area contributed by atoms with E-state index in [2.05, 4.69) is 15.0 Å². The third-order valence-electron chi connectivity index (χ3n) is 6.28. The summed E-state index contributed by atoms with van der Waals surface area (Å²) in [5, 5.41) is 0. The van der Waals surface area contributed by atoms with Gasteiger partial charge in [-0.25, -0.2) is 13.8 Å². The van der Waals surface area contributed by atoms with Crippen molar-refractivity contribution in [2.45, 2.75) is 27.7 Å². The van der Waals surface area contributed by atoms with E-state index in [1.807, 2.05) is 58.0 Å². The van der Waals surface area contributed by atoms with Crippen molar-refractivity contribution in [2.24, 2.45) is 4.99 Å². The van der Waals surface area contributed by atoms with Gasteiger partial charge in [0.1, 0.15) is 17.3 Å². The molecule has 0 fully saturated rings. The number of imidazole rings is 1. The van der Waals surface area contributed by atoms with E-state index in [9.17, 15) is 4.39 Å². The summed E-state index contributed by atoms with van der Waals surface area (Å²) in [6.45, 7) is 8.06. The second-order valence-corrected chi connectivity index (χ2v) is 8.92. The SMILES string of the molecule is CCN=C(c1nc2c(-c3ccccc3F)cccc2[nH]1)c1c(C)cc(C)c(-c2cncc(C)c2)c1F. The Morgan fingerprint density at radius 3 is 2.44 bits per heavy atom. The average molecular weight is 481 g/mol. The number of benzene rings is 3. The molecule has 0 unspecified atom stereocenters. The lowest BCUT2D eigenvalue weighted by molar-refractivity contribution is 0.626. The van der Waals surface area contributed by atoms with Crippen LogP contribution in [0.3, 0.4) is 0 Å². The molecule has 1 N–H and O–H groups in total. The molecule has 0 aliphatic heterocycles. The van der Waals surface area contributed by atoms with Gasteiger partial charge < -0.3 is 4.98 Å². The molecule has 5 aromatic rings. The molecule has 2 aromatic heterocycles. The third kappa shape index (κ3) is 4.09. The molecule has 0 bridgehead atoms. The first-order valence-corrected chi connectivity index (χ1v) is 11.9. The first-order valence-electron chi connectivity index (χ1n) is 11.9. The summed E-state index contributed by atoms with van der Waals surface area (Å²) in [5.74, 6) is -0.245. The number of hydrogen-bond donors (Lipinski definition) is 1. The lowest BCUT2D eigenvalue weighted by Gasteiger charge is -2.16. The van der Waals surface area contributed by atoms with Gasteiger partial charge in [-0.05, 0) is 62.6 Å². The molecular formula is C30H26F2N4. The minimum atomic E-state index is -0.359. The summed E-state index contributed by atoms with van der Waals surface area (Å²) in [7, 11) is 0. The number of nitrogens with zero attached hydrogens (tertiary/aromatic N) is 3. The quantitative estimate of drug-likeness (QED) is 0.267. The predicted octanol–water partition coefficient (Wildman–Crippen LogP) is 7.35. The van der Waals surface area contributed by atoms with Gasteiger partial charge in [0.15, 0.2) is 5.82 Å². The summed E-state index contributed by atoms with van der Waals surface area (Å²) < 4.78 is 30.9. The van der Waals surface area contributed by atoms with Gasteiger partial charge in [0, 0.05) is 46.8 Å². The van der Waals surface area contributed by atoms with E-state index >= 15 is 4.39 Å². The first kappa shape index (κ1) is 23.5. The highest BCUT2D eigenvalue weighted by Gasteiger charge is 2.24. The molecular weight excluding hydrogens is 454 g/mol. The third-order valence-corrected chi connectivity index (χ3v) is 6.28. The number of aromatic amines is 1. The smallest absolute Gasteiger partial charge is 0.157 e. The number of H-pyrrole nitrogens is 1. The van der Waals surface area contributed by atoms with Crippen LogP contribution in [-0.4, -0.2) is 27.2 Å². The highest BCUT2D eigenvalue weighted by atomic mass is 19.1. The van der Waals surface area contributed by atoms with Crippen LogP contribution in [0.4, 0.5) is 8.78 Å². The van der Waals surface area contributed by atoms with Crippen LogP contribution in [0.1, 0.15) is 35.0 Å². The normalized spacial score (nSPS) is 11.9. The number of aryl methyl sites for hydroxylation is 3. The van der Waals surface area contributed by atoms with E-state index in [1.165, 1.54) is 6.07 Å². The maximum atomic E-state index is 16.3. The number of rotatable bonds is 5. The van der Waals surface area contributed by atoms with E-state index in [1.54, 1.807) is 30.6 Å². The topological polar surface area (TPSA) is 53.9 Å². The van der Waals surface area contributed by atoms with Crippen molar-refractivity contribution in [3.63, 3.8) is 0 Å². The van der Waals surface area contributed by atoms with Crippen LogP contribution in [0.5, 0.6) is 0 Å². The summed E-state index contributed by atoms with van der Waals surface area (Å²) in [5.41, 5.74) is 7.03. The molecule has 2 heterocycles. The first-order chi connectivity index (χ1) is 17.4. The van der Waals surface area contributed by atoms with Crippen molar-refractivity contribution < 1.29 is 8.78 Å². The molecule has 0 aliphatic carbocycles. The maximum absolute atomic E-state index is 16.3. The number of nitrogens with one attached hydrogen (secondary N) is 1. The molecule has 5 rings (SSSR count). The summed E-state index contributed by atoms with van der Waals surface area (Å²) in [6, 6.07) is 16.1. The zero-order valence-corrected chi connectivity index (χ0v) is 20.7. The number of fused-ring (bicyclic) bond motifs is 1. The molecule has 0 amide bonds. The fraction of sp³-hybridized carbons (Fsp3) is 0.167. The van der Waals surface area contributed by atoms with Gasteiger partial charge in [-0.1, -0.05) is 36.4 Å². The Morgan fingerprint density at radius 1 is 0.917 bits per heavy atom. The van der Waals surface area contributed by atoms with E-state index < -0.39 is 0 Å². The second-order valence-electron chi connectivity index (χ2n) is 8.92. The van der Waals surface area contributed by atoms with Crippen molar-refractivity contribution in [3.05, 3.63) is 107 Å². The van der Waals surface area contributed by atoms with E-state index in [-0.39, 0.29) is 11.6 Å². The second kappa shape index (κ2) is 9.46. The Bertz CT molecular complexity index is 1630. The number of halogens is 2. The Labute approximate surface area is 208 Å². The van der Waals surface area contributed by atoms with Crippen LogP contribution in [0.15, 0.2) is 72.0 Å². The highest BCUT2D eigenvalue weighted by Crippen LogP contribution is 2.34. The van der Waals surface area contributed by atoms with Gasteiger partial charge in [0.05, 0.1) is 11.0 Å². The van der Waals surface area contributed by atoms with Gasteiger partial charge in [-0.2, -0.15) is 0 Å². The fourth-order valence-corrected chi connectivity index (χ4v) is 4.75. The van der Waals surface area contributed by atoms with Gasteiger partial charge >= 0.3 is 0 Å². The minimum Gasteiger partial charge on any atom is -0.337 e. The summed E-state index contributed by atoms with van der Waals surface area (Å²) in [4.78, 5) is 17.1. The molecule has 36 heavy (non-hydrogen) atoms. The van der Waals surface area contributed by atoms with E-state index in [0.717, 1.165) is 22.2 Å². The Balaban J connectivity index is 1.73. The zero-order valence-electron chi connectivity index (χ0n) is 20.7. The van der Waals surface area contributed by atoms with Crippen LogP contribution >= 0.6 is 0 Å². The average Bonchev–Trinajstić information content (AvgIpc) is 3.28. The molecule has 0 aliphatic rings. The number of hydrogen-bond acceptors (Lipinski definition) is 3. The van der Waals surface area contributed by atoms with Crippen LogP contribution in [0.2, 0.25) is 0 Å².